The highest BCUT2D eigenvalue weighted by Crippen LogP contribution is 1.98. The first-order valence-electron chi connectivity index (χ1n) is 4.62. The van der Waals surface area contributed by atoms with E-state index in [4.69, 9.17) is 4.74 Å². The number of halogens is 1. The van der Waals surface area contributed by atoms with Gasteiger partial charge in [-0.05, 0) is 18.6 Å². The molecule has 5 heteroatoms. The summed E-state index contributed by atoms with van der Waals surface area (Å²) < 4.78 is 17.3. The summed E-state index contributed by atoms with van der Waals surface area (Å²) in [6, 6.07) is 2.55. The van der Waals surface area contributed by atoms with Crippen LogP contribution in [0.3, 0.4) is 0 Å². The van der Waals surface area contributed by atoms with Gasteiger partial charge in [-0.3, -0.25) is 4.79 Å². The number of amides is 1. The second kappa shape index (κ2) is 6.08. The van der Waals surface area contributed by atoms with Gasteiger partial charge in [-0.1, -0.05) is 0 Å². The van der Waals surface area contributed by atoms with Crippen molar-refractivity contribution in [3.63, 3.8) is 0 Å². The van der Waals surface area contributed by atoms with Crippen LogP contribution in [0.15, 0.2) is 18.3 Å². The highest BCUT2D eigenvalue weighted by molar-refractivity contribution is 5.93. The summed E-state index contributed by atoms with van der Waals surface area (Å²) in [4.78, 5) is 14.8. The van der Waals surface area contributed by atoms with E-state index in [0.29, 0.717) is 18.7 Å². The van der Waals surface area contributed by atoms with Crippen molar-refractivity contribution >= 4 is 5.91 Å². The van der Waals surface area contributed by atoms with E-state index >= 15 is 0 Å². The number of nitrogens with zero attached hydrogens (tertiary/aromatic N) is 1. The van der Waals surface area contributed by atoms with Crippen LogP contribution in [-0.2, 0) is 4.74 Å². The van der Waals surface area contributed by atoms with Gasteiger partial charge in [0.2, 0.25) is 5.95 Å². The number of hydrogen-bond donors (Lipinski definition) is 1. The van der Waals surface area contributed by atoms with E-state index in [0.717, 1.165) is 12.5 Å². The SMILES string of the molecule is COCCCNC(=O)c1ccc(F)nc1. The van der Waals surface area contributed by atoms with Gasteiger partial charge >= 0.3 is 0 Å². The Labute approximate surface area is 87.5 Å². The molecule has 1 N–H and O–H groups in total. The second-order valence-electron chi connectivity index (χ2n) is 2.97. The monoisotopic (exact) mass is 212 g/mol. The predicted molar refractivity (Wildman–Crippen MR) is 53.0 cm³/mol. The molecule has 0 radical (unpaired) electrons. The van der Waals surface area contributed by atoms with Gasteiger partial charge in [-0.25, -0.2) is 4.98 Å². The summed E-state index contributed by atoms with van der Waals surface area (Å²) in [5, 5.41) is 2.67. The zero-order valence-corrected chi connectivity index (χ0v) is 8.50. The van der Waals surface area contributed by atoms with Crippen molar-refractivity contribution < 1.29 is 13.9 Å². The third kappa shape index (κ3) is 4.03. The van der Waals surface area contributed by atoms with Crippen molar-refractivity contribution in [1.82, 2.24) is 10.3 Å². The van der Waals surface area contributed by atoms with Crippen LogP contribution in [0.1, 0.15) is 16.8 Å². The van der Waals surface area contributed by atoms with Gasteiger partial charge in [0.15, 0.2) is 0 Å². The number of nitrogens with one attached hydrogen (secondary N) is 1. The maximum Gasteiger partial charge on any atom is 0.252 e. The minimum atomic E-state index is -0.592. The van der Waals surface area contributed by atoms with Gasteiger partial charge in [-0.2, -0.15) is 4.39 Å². The molecule has 0 aliphatic heterocycles. The molecule has 0 atom stereocenters. The Morgan fingerprint density at radius 3 is 3.00 bits per heavy atom. The first kappa shape index (κ1) is 11.6. The van der Waals surface area contributed by atoms with Crippen molar-refractivity contribution in [3.8, 4) is 0 Å². The molecule has 1 aromatic heterocycles. The minimum Gasteiger partial charge on any atom is -0.385 e. The summed E-state index contributed by atoms with van der Waals surface area (Å²) in [5.41, 5.74) is 0.355. The fourth-order valence-corrected chi connectivity index (χ4v) is 1.03. The van der Waals surface area contributed by atoms with Crippen LogP contribution in [0, 0.1) is 5.95 Å². The highest BCUT2D eigenvalue weighted by Gasteiger charge is 2.04. The normalized spacial score (nSPS) is 10.0. The number of carbonyl (C=O) groups is 1. The van der Waals surface area contributed by atoms with Gasteiger partial charge in [0.05, 0.1) is 5.56 Å². The zero-order chi connectivity index (χ0) is 11.1. The topological polar surface area (TPSA) is 51.2 Å². The predicted octanol–water partition coefficient (Wildman–Crippen LogP) is 0.987. The Kier molecular flexibility index (Phi) is 4.70. The Morgan fingerprint density at radius 2 is 2.40 bits per heavy atom. The summed E-state index contributed by atoms with van der Waals surface area (Å²) in [5.74, 6) is -0.843. The minimum absolute atomic E-state index is 0.251. The lowest BCUT2D eigenvalue weighted by Gasteiger charge is -2.03. The van der Waals surface area contributed by atoms with Gasteiger partial charge in [0.1, 0.15) is 0 Å². The van der Waals surface area contributed by atoms with E-state index in [1.54, 1.807) is 7.11 Å². The molecule has 4 nitrogen and oxygen atoms in total. The standard InChI is InChI=1S/C10H13FN2O2/c1-15-6-2-5-12-10(14)8-3-4-9(11)13-7-8/h3-4,7H,2,5-6H2,1H3,(H,12,14). The quantitative estimate of drug-likeness (QED) is 0.585. The third-order valence-electron chi connectivity index (χ3n) is 1.80. The molecule has 0 spiro atoms. The van der Waals surface area contributed by atoms with Crippen molar-refractivity contribution in [2.24, 2.45) is 0 Å². The molecule has 1 rings (SSSR count). The molecule has 1 amide bonds. The van der Waals surface area contributed by atoms with E-state index in [1.807, 2.05) is 0 Å². The lowest BCUT2D eigenvalue weighted by molar-refractivity contribution is 0.0948. The van der Waals surface area contributed by atoms with E-state index in [-0.39, 0.29) is 5.91 Å². The number of rotatable bonds is 5. The van der Waals surface area contributed by atoms with Crippen LogP contribution in [0.4, 0.5) is 4.39 Å². The number of ether oxygens (including phenoxy) is 1. The maximum atomic E-state index is 12.4. The molecule has 0 aromatic carbocycles. The molecule has 15 heavy (non-hydrogen) atoms. The summed E-state index contributed by atoms with van der Waals surface area (Å²) in [6.07, 6.45) is 1.96. The van der Waals surface area contributed by atoms with Crippen LogP contribution in [0.2, 0.25) is 0 Å². The molecule has 0 bridgehead atoms. The molecule has 1 heterocycles. The molecular formula is C10H13FN2O2. The Hall–Kier alpha value is -1.49. The first-order valence-corrected chi connectivity index (χ1v) is 4.62. The lowest BCUT2D eigenvalue weighted by Crippen LogP contribution is -2.25. The molecule has 0 saturated heterocycles. The van der Waals surface area contributed by atoms with Crippen molar-refractivity contribution in [2.45, 2.75) is 6.42 Å². The van der Waals surface area contributed by atoms with Crippen molar-refractivity contribution in [3.05, 3.63) is 29.8 Å². The average molecular weight is 212 g/mol. The van der Waals surface area contributed by atoms with Crippen LogP contribution in [-0.4, -0.2) is 31.2 Å². The molecule has 82 valence electrons. The summed E-state index contributed by atoms with van der Waals surface area (Å²) in [7, 11) is 1.60. The maximum absolute atomic E-state index is 12.4. The van der Waals surface area contributed by atoms with Crippen LogP contribution < -0.4 is 5.32 Å². The van der Waals surface area contributed by atoms with Gasteiger partial charge < -0.3 is 10.1 Å². The third-order valence-corrected chi connectivity index (χ3v) is 1.80. The fourth-order valence-electron chi connectivity index (χ4n) is 1.03. The van der Waals surface area contributed by atoms with E-state index < -0.39 is 5.95 Å². The molecule has 0 aliphatic rings. The second-order valence-corrected chi connectivity index (χ2v) is 2.97. The van der Waals surface area contributed by atoms with E-state index in [2.05, 4.69) is 10.3 Å². The number of pyridine rings is 1. The fraction of sp³-hybridized carbons (Fsp3) is 0.400. The lowest BCUT2D eigenvalue weighted by atomic mass is 10.2. The molecule has 0 unspecified atom stereocenters. The van der Waals surface area contributed by atoms with Crippen LogP contribution in [0.5, 0.6) is 0 Å². The highest BCUT2D eigenvalue weighted by atomic mass is 19.1. The van der Waals surface area contributed by atoms with Crippen LogP contribution >= 0.6 is 0 Å². The molecule has 0 fully saturated rings. The smallest absolute Gasteiger partial charge is 0.252 e. The van der Waals surface area contributed by atoms with Crippen LogP contribution in [0.25, 0.3) is 0 Å². The molecule has 0 aliphatic carbocycles. The number of hydrogen-bond acceptors (Lipinski definition) is 3. The summed E-state index contributed by atoms with van der Waals surface area (Å²) >= 11 is 0. The molecular weight excluding hydrogens is 199 g/mol. The van der Waals surface area contributed by atoms with E-state index in [1.165, 1.54) is 12.3 Å². The van der Waals surface area contributed by atoms with Gasteiger partial charge in [0.25, 0.3) is 5.91 Å². The Morgan fingerprint density at radius 1 is 1.60 bits per heavy atom. The Bertz CT molecular complexity index is 314. The zero-order valence-electron chi connectivity index (χ0n) is 8.50. The average Bonchev–Trinajstić information content (AvgIpc) is 2.25. The largest absolute Gasteiger partial charge is 0.385 e. The number of carbonyl (C=O) groups excluding carboxylic acids is 1. The van der Waals surface area contributed by atoms with Crippen molar-refractivity contribution in [1.29, 1.82) is 0 Å². The van der Waals surface area contributed by atoms with Gasteiger partial charge in [0, 0.05) is 26.5 Å². The first-order chi connectivity index (χ1) is 7.24. The van der Waals surface area contributed by atoms with E-state index in [9.17, 15) is 9.18 Å². The Balaban J connectivity index is 2.37. The number of aromatic nitrogens is 1. The summed E-state index contributed by atoms with van der Waals surface area (Å²) in [6.45, 7) is 1.13. The molecule has 0 saturated carbocycles. The molecule has 1 aromatic rings. The number of methoxy groups -OCH3 is 1. The van der Waals surface area contributed by atoms with Crippen molar-refractivity contribution in [2.75, 3.05) is 20.3 Å². The van der Waals surface area contributed by atoms with Gasteiger partial charge in [-0.15, -0.1) is 0 Å².